The Balaban J connectivity index is 1.69. The monoisotopic (exact) mass is 582 g/mol. The quantitative estimate of drug-likeness (QED) is 0.0526. The van der Waals surface area contributed by atoms with Crippen molar-refractivity contribution in [3.05, 3.63) is 131 Å². The normalized spacial score (nSPS) is 14.3. The predicted molar refractivity (Wildman–Crippen MR) is 151 cm³/mol. The van der Waals surface area contributed by atoms with Gasteiger partial charge in [0.15, 0.2) is 0 Å². The van der Waals surface area contributed by atoms with E-state index in [9.17, 15) is 26.3 Å². The van der Waals surface area contributed by atoms with E-state index in [0.717, 1.165) is 35.4 Å². The molecule has 0 fully saturated rings. The van der Waals surface area contributed by atoms with Gasteiger partial charge in [0, 0.05) is 0 Å². The lowest BCUT2D eigenvalue weighted by molar-refractivity contribution is -0.638. The lowest BCUT2D eigenvalue weighted by Crippen LogP contribution is -2.32. The number of benzene rings is 4. The molecular weight excluding hydrogens is 554 g/mol. The van der Waals surface area contributed by atoms with Gasteiger partial charge in [-0.2, -0.15) is 26.3 Å². The van der Waals surface area contributed by atoms with E-state index in [1.165, 1.54) is 24.3 Å². The predicted octanol–water partition coefficient (Wildman–Crippen LogP) is 7.83. The molecule has 4 nitrogen and oxygen atoms in total. The van der Waals surface area contributed by atoms with Crippen LogP contribution in [0.3, 0.4) is 0 Å². The first-order valence-corrected chi connectivity index (χ1v) is 12.9. The molecule has 0 amide bonds. The zero-order chi connectivity index (χ0) is 30.3. The Kier molecular flexibility index (Phi) is 9.35. The van der Waals surface area contributed by atoms with Gasteiger partial charge in [0.2, 0.25) is 0 Å². The van der Waals surface area contributed by atoms with Gasteiger partial charge in [-0.15, -0.1) is 0 Å². The van der Waals surface area contributed by atoms with Crippen molar-refractivity contribution < 1.29 is 35.5 Å². The Morgan fingerprint density at radius 2 is 0.810 bits per heavy atom. The van der Waals surface area contributed by atoms with Crippen molar-refractivity contribution in [3.8, 4) is 0 Å². The smallest absolute Gasteiger partial charge is 0.407 e. The maximum atomic E-state index is 13.0. The van der Waals surface area contributed by atoms with Crippen LogP contribution in [0, 0.1) is 0 Å². The average molecular weight is 583 g/mol. The fraction of sp³-hybridized carbons (Fsp3) is 0.188. The van der Waals surface area contributed by atoms with E-state index in [2.05, 4.69) is 23.3 Å². The fourth-order valence-electron chi connectivity index (χ4n) is 4.47. The SMILES string of the molecule is C[N+](=[C-]Nc1ccc(C(F)(F)F)cc1)[C@@H](c1ccccc1)[C@H](c1ccccc1)[N+](C)=[C-]Nc1ccc(C(F)(F)F)cc1. The Morgan fingerprint density at radius 1 is 0.500 bits per heavy atom. The molecule has 0 aliphatic carbocycles. The maximum absolute atomic E-state index is 13.0. The molecule has 2 N–H and O–H groups in total. The zero-order valence-electron chi connectivity index (χ0n) is 22.7. The van der Waals surface area contributed by atoms with Gasteiger partial charge >= 0.3 is 12.4 Å². The van der Waals surface area contributed by atoms with Crippen molar-refractivity contribution in [2.24, 2.45) is 0 Å². The van der Waals surface area contributed by atoms with Crippen LogP contribution in [0.15, 0.2) is 109 Å². The number of hydrogen-bond donors (Lipinski definition) is 2. The van der Waals surface area contributed by atoms with Gasteiger partial charge < -0.3 is 19.8 Å². The van der Waals surface area contributed by atoms with E-state index in [0.29, 0.717) is 11.4 Å². The van der Waals surface area contributed by atoms with E-state index in [1.54, 1.807) is 23.2 Å². The summed E-state index contributed by atoms with van der Waals surface area (Å²) < 4.78 is 81.5. The van der Waals surface area contributed by atoms with E-state index in [-0.39, 0.29) is 12.1 Å². The summed E-state index contributed by atoms with van der Waals surface area (Å²) in [6.07, 6.45) is -2.72. The van der Waals surface area contributed by atoms with Gasteiger partial charge in [0.25, 0.3) is 0 Å². The molecule has 0 aliphatic rings. The molecule has 42 heavy (non-hydrogen) atoms. The maximum Gasteiger partial charge on any atom is 0.416 e. The molecule has 218 valence electrons. The minimum atomic E-state index is -4.43. The van der Waals surface area contributed by atoms with Crippen LogP contribution < -0.4 is 10.6 Å². The lowest BCUT2D eigenvalue weighted by atomic mass is 9.92. The largest absolute Gasteiger partial charge is 0.416 e. The van der Waals surface area contributed by atoms with Crippen molar-refractivity contribution >= 4 is 24.1 Å². The summed E-state index contributed by atoms with van der Waals surface area (Å²) in [5.74, 6) is 0. The highest BCUT2D eigenvalue weighted by Gasteiger charge is 2.32. The van der Waals surface area contributed by atoms with Crippen LogP contribution in [0.25, 0.3) is 0 Å². The van der Waals surface area contributed by atoms with Gasteiger partial charge in [-0.3, -0.25) is 0 Å². The van der Waals surface area contributed by atoms with Crippen LogP contribution in [-0.2, 0) is 12.4 Å². The van der Waals surface area contributed by atoms with Crippen LogP contribution in [0.4, 0.5) is 37.7 Å². The third kappa shape index (κ3) is 7.78. The van der Waals surface area contributed by atoms with Crippen molar-refractivity contribution in [2.75, 3.05) is 24.7 Å². The molecule has 0 radical (unpaired) electrons. The second-order valence-electron chi connectivity index (χ2n) is 9.56. The molecule has 2 atom stereocenters. The molecular formula is C32H28F6N4. The molecule has 0 aromatic heterocycles. The first-order valence-electron chi connectivity index (χ1n) is 12.9. The van der Waals surface area contributed by atoms with Crippen molar-refractivity contribution in [2.45, 2.75) is 24.4 Å². The number of nitrogens with zero attached hydrogens (tertiary/aromatic N) is 2. The second kappa shape index (κ2) is 12.9. The summed E-state index contributed by atoms with van der Waals surface area (Å²) in [5.41, 5.74) is 1.18. The highest BCUT2D eigenvalue weighted by Crippen LogP contribution is 2.34. The van der Waals surface area contributed by atoms with E-state index in [1.807, 2.05) is 60.7 Å². The molecule has 10 heteroatoms. The van der Waals surface area contributed by atoms with Crippen molar-refractivity contribution in [1.82, 2.24) is 0 Å². The summed E-state index contributed by atoms with van der Waals surface area (Å²) in [6.45, 7) is 0. The standard InChI is InChI=1S/C32H28F6N4/c1-41(21-39-27-17-13-25(14-18-27)31(33,34)35)29(23-9-5-3-6-10-23)30(24-11-7-4-8-12-24)42(2)22-40-28-19-15-26(16-20-28)32(36,37)38/h3-20,29-30,39-40H,1-2H3/t29-,30-/m0/s1. The molecule has 0 heterocycles. The number of rotatable bonds is 9. The zero-order valence-corrected chi connectivity index (χ0v) is 22.7. The molecule has 0 saturated carbocycles. The van der Waals surface area contributed by atoms with Gasteiger partial charge in [0.05, 0.1) is 25.2 Å². The average Bonchev–Trinajstić information content (AvgIpc) is 2.98. The molecule has 0 aliphatic heterocycles. The van der Waals surface area contributed by atoms with Crippen LogP contribution in [-0.4, -0.2) is 35.9 Å². The molecule has 4 aromatic rings. The number of alkyl halides is 6. The van der Waals surface area contributed by atoms with Gasteiger partial charge in [-0.1, -0.05) is 109 Å². The second-order valence-corrected chi connectivity index (χ2v) is 9.56. The Morgan fingerprint density at radius 3 is 1.10 bits per heavy atom. The van der Waals surface area contributed by atoms with Gasteiger partial charge in [0.1, 0.15) is 24.8 Å². The molecule has 0 unspecified atom stereocenters. The van der Waals surface area contributed by atoms with Crippen molar-refractivity contribution in [1.29, 1.82) is 0 Å². The first kappa shape index (κ1) is 30.4. The number of halogens is 6. The minimum Gasteiger partial charge on any atom is -0.407 e. The summed E-state index contributed by atoms with van der Waals surface area (Å²) in [6, 6.07) is 27.7. The Bertz CT molecular complexity index is 1380. The molecule has 4 aromatic carbocycles. The van der Waals surface area contributed by atoms with Gasteiger partial charge in [-0.25, -0.2) is 0 Å². The number of hydrogen-bond acceptors (Lipinski definition) is 0. The van der Waals surface area contributed by atoms with Crippen LogP contribution in [0.5, 0.6) is 0 Å². The first-order chi connectivity index (χ1) is 19.9. The van der Waals surface area contributed by atoms with E-state index in [4.69, 9.17) is 0 Å². The Hall–Kier alpha value is -4.60. The number of nitrogens with one attached hydrogen (secondary N) is 2. The van der Waals surface area contributed by atoms with E-state index < -0.39 is 23.5 Å². The summed E-state index contributed by atoms with van der Waals surface area (Å²) in [4.78, 5) is 0. The minimum absolute atomic E-state index is 0.387. The molecule has 0 spiro atoms. The Labute approximate surface area is 240 Å². The molecule has 0 saturated heterocycles. The summed E-state index contributed by atoms with van der Waals surface area (Å²) >= 11 is 0. The topological polar surface area (TPSA) is 30.1 Å². The fourth-order valence-corrected chi connectivity index (χ4v) is 4.47. The summed E-state index contributed by atoms with van der Waals surface area (Å²) in [7, 11) is 3.59. The van der Waals surface area contributed by atoms with Crippen LogP contribution >= 0.6 is 0 Å². The van der Waals surface area contributed by atoms with Crippen LogP contribution in [0.1, 0.15) is 34.3 Å². The van der Waals surface area contributed by atoms with E-state index >= 15 is 0 Å². The van der Waals surface area contributed by atoms with Gasteiger partial charge in [-0.05, 0) is 22.5 Å². The molecule has 0 bridgehead atoms. The number of anilines is 2. The molecule has 4 rings (SSSR count). The number of likely N-dealkylation sites (N-methyl/N-ethyl adjacent to an activating group) is 2. The highest BCUT2D eigenvalue weighted by atomic mass is 19.4. The lowest BCUT2D eigenvalue weighted by Gasteiger charge is -2.30. The third-order valence-electron chi connectivity index (χ3n) is 6.59. The third-order valence-corrected chi connectivity index (χ3v) is 6.59. The summed E-state index contributed by atoms with van der Waals surface area (Å²) in [5, 5.41) is 5.91. The van der Waals surface area contributed by atoms with Crippen molar-refractivity contribution in [3.63, 3.8) is 0 Å². The van der Waals surface area contributed by atoms with Crippen LogP contribution in [0.2, 0.25) is 0 Å². The highest BCUT2D eigenvalue weighted by molar-refractivity contribution is 5.73.